The van der Waals surface area contributed by atoms with Crippen LogP contribution in [0.2, 0.25) is 5.02 Å². The Kier molecular flexibility index (Phi) is 2.79. The topological polar surface area (TPSA) is 105 Å². The second-order valence-corrected chi connectivity index (χ2v) is 5.56. The highest BCUT2D eigenvalue weighted by Gasteiger charge is 2.49. The van der Waals surface area contributed by atoms with Gasteiger partial charge in [-0.25, -0.2) is 4.79 Å². The van der Waals surface area contributed by atoms with Gasteiger partial charge in [-0.2, -0.15) is 5.10 Å². The molecule has 1 spiro atoms. The third kappa shape index (κ3) is 1.87. The van der Waals surface area contributed by atoms with Crippen molar-refractivity contribution in [2.75, 3.05) is 32.4 Å². The average molecular weight is 300 g/mol. The first-order valence-corrected chi connectivity index (χ1v) is 6.52. The summed E-state index contributed by atoms with van der Waals surface area (Å²) in [5.41, 5.74) is 5.06. The van der Waals surface area contributed by atoms with Gasteiger partial charge in [0.25, 0.3) is 5.91 Å². The van der Waals surface area contributed by atoms with Gasteiger partial charge in [0, 0.05) is 20.0 Å². The minimum Gasteiger partial charge on any atom is -0.439 e. The predicted octanol–water partition coefficient (Wildman–Crippen LogP) is 0.312. The molecule has 0 saturated carbocycles. The summed E-state index contributed by atoms with van der Waals surface area (Å²) in [4.78, 5) is 26.9. The largest absolute Gasteiger partial charge is 0.439 e. The Balaban J connectivity index is 1.76. The minimum atomic E-state index is -0.612. The van der Waals surface area contributed by atoms with E-state index in [1.807, 2.05) is 0 Å². The first-order valence-electron chi connectivity index (χ1n) is 6.15. The highest BCUT2D eigenvalue weighted by molar-refractivity contribution is 6.35. The molecule has 2 aliphatic heterocycles. The number of hydrogen-bond donors (Lipinski definition) is 2. The minimum absolute atomic E-state index is 0.0935. The van der Waals surface area contributed by atoms with Crippen molar-refractivity contribution in [2.24, 2.45) is 0 Å². The van der Waals surface area contributed by atoms with Gasteiger partial charge in [-0.3, -0.25) is 9.89 Å². The number of rotatable bonds is 1. The lowest BCUT2D eigenvalue weighted by Gasteiger charge is -2.21. The zero-order valence-corrected chi connectivity index (χ0v) is 11.6. The van der Waals surface area contributed by atoms with Gasteiger partial charge < -0.3 is 20.3 Å². The van der Waals surface area contributed by atoms with Crippen molar-refractivity contribution in [3.05, 3.63) is 10.7 Å². The number of ether oxygens (including phenoxy) is 1. The van der Waals surface area contributed by atoms with Crippen molar-refractivity contribution in [1.82, 2.24) is 20.0 Å². The van der Waals surface area contributed by atoms with E-state index in [2.05, 4.69) is 10.2 Å². The van der Waals surface area contributed by atoms with Gasteiger partial charge in [-0.15, -0.1) is 0 Å². The van der Waals surface area contributed by atoms with E-state index >= 15 is 0 Å². The number of anilines is 1. The molecular weight excluding hydrogens is 286 g/mol. The highest BCUT2D eigenvalue weighted by Crippen LogP contribution is 2.33. The molecule has 0 bridgehead atoms. The van der Waals surface area contributed by atoms with Crippen LogP contribution in [0.5, 0.6) is 0 Å². The van der Waals surface area contributed by atoms with Crippen molar-refractivity contribution in [1.29, 1.82) is 0 Å². The Labute approximate surface area is 119 Å². The smallest absolute Gasteiger partial charge is 0.410 e. The monoisotopic (exact) mass is 299 g/mol. The van der Waals surface area contributed by atoms with Crippen LogP contribution in [0.4, 0.5) is 10.6 Å². The Hall–Kier alpha value is -1.96. The predicted molar refractivity (Wildman–Crippen MR) is 70.4 cm³/mol. The summed E-state index contributed by atoms with van der Waals surface area (Å²) in [6, 6.07) is 0. The lowest BCUT2D eigenvalue weighted by atomic mass is 10.0. The number of amides is 2. The van der Waals surface area contributed by atoms with E-state index < -0.39 is 5.60 Å². The molecule has 0 radical (unpaired) electrons. The number of likely N-dealkylation sites (tertiary alicyclic amines) is 1. The van der Waals surface area contributed by atoms with Gasteiger partial charge >= 0.3 is 6.09 Å². The molecule has 2 saturated heterocycles. The van der Waals surface area contributed by atoms with Gasteiger partial charge in [0.1, 0.15) is 10.7 Å². The number of aromatic nitrogens is 2. The lowest BCUT2D eigenvalue weighted by Crippen LogP contribution is -2.39. The maximum Gasteiger partial charge on any atom is 0.410 e. The zero-order chi connectivity index (χ0) is 14.5. The molecule has 9 heteroatoms. The Bertz CT molecular complexity index is 589. The highest BCUT2D eigenvalue weighted by atomic mass is 35.5. The third-order valence-electron chi connectivity index (χ3n) is 3.69. The summed E-state index contributed by atoms with van der Waals surface area (Å²) in [5.74, 6) is -0.197. The van der Waals surface area contributed by atoms with Crippen molar-refractivity contribution < 1.29 is 14.3 Å². The first-order chi connectivity index (χ1) is 9.42. The fourth-order valence-electron chi connectivity index (χ4n) is 2.66. The number of carbonyl (C=O) groups is 2. The lowest BCUT2D eigenvalue weighted by molar-refractivity contribution is 0.0550. The molecule has 1 atom stereocenters. The molecule has 108 valence electrons. The van der Waals surface area contributed by atoms with Gasteiger partial charge in [-0.05, 0) is 0 Å². The molecular formula is C11H14ClN5O3. The van der Waals surface area contributed by atoms with E-state index in [1.165, 1.54) is 4.90 Å². The fourth-order valence-corrected chi connectivity index (χ4v) is 2.83. The summed E-state index contributed by atoms with van der Waals surface area (Å²) >= 11 is 5.92. The van der Waals surface area contributed by atoms with Crippen LogP contribution in [0.15, 0.2) is 0 Å². The molecule has 1 aromatic rings. The number of nitrogens with one attached hydrogen (secondary N) is 1. The van der Waals surface area contributed by atoms with E-state index in [0.29, 0.717) is 26.1 Å². The van der Waals surface area contributed by atoms with E-state index in [4.69, 9.17) is 22.1 Å². The normalized spacial score (nSPS) is 25.6. The van der Waals surface area contributed by atoms with Crippen LogP contribution >= 0.6 is 11.6 Å². The average Bonchev–Trinajstić information content (AvgIpc) is 3.03. The summed E-state index contributed by atoms with van der Waals surface area (Å²) in [5, 5.41) is 6.35. The Morgan fingerprint density at radius 1 is 1.55 bits per heavy atom. The van der Waals surface area contributed by atoms with Gasteiger partial charge in [0.15, 0.2) is 11.4 Å². The molecule has 0 aromatic carbocycles. The van der Waals surface area contributed by atoms with Crippen molar-refractivity contribution in [2.45, 2.75) is 12.0 Å². The van der Waals surface area contributed by atoms with E-state index in [-0.39, 0.29) is 28.5 Å². The number of nitrogens with zero attached hydrogens (tertiary/aromatic N) is 3. The molecule has 0 aliphatic carbocycles. The van der Waals surface area contributed by atoms with Crippen molar-refractivity contribution in [3.8, 4) is 0 Å². The number of aromatic amines is 1. The number of carbonyl (C=O) groups excluding carboxylic acids is 2. The van der Waals surface area contributed by atoms with Crippen LogP contribution in [0.25, 0.3) is 0 Å². The third-order valence-corrected chi connectivity index (χ3v) is 4.07. The van der Waals surface area contributed by atoms with Gasteiger partial charge in [0.05, 0.1) is 13.1 Å². The number of nitrogen functional groups attached to an aromatic ring is 1. The maximum atomic E-state index is 12.3. The molecule has 3 N–H and O–H groups in total. The molecule has 2 aliphatic rings. The van der Waals surface area contributed by atoms with Crippen molar-refractivity contribution in [3.63, 3.8) is 0 Å². The molecule has 8 nitrogen and oxygen atoms in total. The number of likely N-dealkylation sites (N-methyl/N-ethyl adjacent to an activating group) is 1. The van der Waals surface area contributed by atoms with Crippen LogP contribution in [-0.4, -0.2) is 64.3 Å². The van der Waals surface area contributed by atoms with E-state index in [1.54, 1.807) is 11.9 Å². The van der Waals surface area contributed by atoms with Crippen LogP contribution in [-0.2, 0) is 4.74 Å². The molecule has 3 rings (SSSR count). The molecule has 1 aromatic heterocycles. The summed E-state index contributed by atoms with van der Waals surface area (Å²) < 4.78 is 5.38. The van der Waals surface area contributed by atoms with Crippen LogP contribution in [0.1, 0.15) is 16.9 Å². The summed E-state index contributed by atoms with van der Waals surface area (Å²) in [7, 11) is 1.67. The molecule has 0 unspecified atom stereocenters. The Morgan fingerprint density at radius 3 is 2.85 bits per heavy atom. The van der Waals surface area contributed by atoms with Gasteiger partial charge in [0.2, 0.25) is 0 Å². The second kappa shape index (κ2) is 4.27. The number of halogens is 1. The van der Waals surface area contributed by atoms with E-state index in [0.717, 1.165) is 0 Å². The van der Waals surface area contributed by atoms with Gasteiger partial charge in [-0.1, -0.05) is 11.6 Å². The number of H-pyrrole nitrogens is 1. The summed E-state index contributed by atoms with van der Waals surface area (Å²) in [6.07, 6.45) is 0.249. The molecule has 20 heavy (non-hydrogen) atoms. The fraction of sp³-hybridized carbons (Fsp3) is 0.545. The molecule has 3 heterocycles. The van der Waals surface area contributed by atoms with Crippen molar-refractivity contribution >= 4 is 29.4 Å². The standard InChI is InChI=1S/C11H14ClN5O3/c1-16-4-11(20-10(16)19)2-3-17(5-11)9(18)7-6(12)8(13)15-14-7/h2-5H2,1H3,(H3,13,14,15)/t11-/m1/s1. The molecule has 2 amide bonds. The quantitative estimate of drug-likeness (QED) is 0.776. The second-order valence-electron chi connectivity index (χ2n) is 5.18. The van der Waals surface area contributed by atoms with Crippen LogP contribution < -0.4 is 5.73 Å². The van der Waals surface area contributed by atoms with Crippen LogP contribution in [0.3, 0.4) is 0 Å². The van der Waals surface area contributed by atoms with Crippen LogP contribution in [0, 0.1) is 0 Å². The SMILES string of the molecule is CN1C[C@@]2(CCN(C(=O)c3[nH]nc(N)c3Cl)C2)OC1=O. The maximum absolute atomic E-state index is 12.3. The molecule has 2 fully saturated rings. The number of hydrogen-bond acceptors (Lipinski definition) is 5. The Morgan fingerprint density at radius 2 is 2.30 bits per heavy atom. The first kappa shape index (κ1) is 13.0. The number of nitrogens with two attached hydrogens (primary N) is 1. The zero-order valence-electron chi connectivity index (χ0n) is 10.9. The summed E-state index contributed by atoms with van der Waals surface area (Å²) in [6.45, 7) is 1.32. The van der Waals surface area contributed by atoms with E-state index in [9.17, 15) is 9.59 Å².